The molecule has 5 rings (SSSR count). The van der Waals surface area contributed by atoms with Gasteiger partial charge in [-0.2, -0.15) is 5.10 Å². The number of piperidine rings is 1. The van der Waals surface area contributed by atoms with Crippen LogP contribution in [0.2, 0.25) is 0 Å². The van der Waals surface area contributed by atoms with E-state index in [0.29, 0.717) is 5.92 Å². The van der Waals surface area contributed by atoms with E-state index in [-0.39, 0.29) is 0 Å². The standard InChI is InChI=1S/C26H25N3/c1-3-9-20(10-4-1)19-25-23-13-7-8-14-24(23)26(28-27-25)29-17-15-22(16-18-29)21-11-5-2-6-12-21/h1-14,22H,15-19H2. The summed E-state index contributed by atoms with van der Waals surface area (Å²) in [7, 11) is 0. The number of hydrogen-bond donors (Lipinski definition) is 0. The van der Waals surface area contributed by atoms with Crippen molar-refractivity contribution in [1.29, 1.82) is 0 Å². The Bertz CT molecular complexity index is 1080. The first-order valence-corrected chi connectivity index (χ1v) is 10.5. The molecule has 0 aliphatic carbocycles. The highest BCUT2D eigenvalue weighted by molar-refractivity contribution is 5.93. The second kappa shape index (κ2) is 8.04. The summed E-state index contributed by atoms with van der Waals surface area (Å²) in [5, 5.41) is 11.8. The van der Waals surface area contributed by atoms with Gasteiger partial charge >= 0.3 is 0 Å². The summed E-state index contributed by atoms with van der Waals surface area (Å²) in [6.45, 7) is 2.05. The molecule has 0 N–H and O–H groups in total. The molecule has 1 saturated heterocycles. The SMILES string of the molecule is c1ccc(Cc2nnc(N3CCC(c4ccccc4)CC3)c3ccccc23)cc1. The van der Waals surface area contributed by atoms with Gasteiger partial charge in [-0.1, -0.05) is 84.9 Å². The Labute approximate surface area is 172 Å². The highest BCUT2D eigenvalue weighted by atomic mass is 15.3. The van der Waals surface area contributed by atoms with Crippen LogP contribution >= 0.6 is 0 Å². The first-order valence-electron chi connectivity index (χ1n) is 10.5. The van der Waals surface area contributed by atoms with Crippen LogP contribution in [-0.2, 0) is 6.42 Å². The Morgan fingerprint density at radius 3 is 2.03 bits per heavy atom. The zero-order valence-corrected chi connectivity index (χ0v) is 16.5. The molecule has 1 fully saturated rings. The first kappa shape index (κ1) is 17.9. The molecular formula is C26H25N3. The minimum Gasteiger partial charge on any atom is -0.355 e. The van der Waals surface area contributed by atoms with Crippen molar-refractivity contribution in [2.75, 3.05) is 18.0 Å². The number of anilines is 1. The van der Waals surface area contributed by atoms with E-state index >= 15 is 0 Å². The lowest BCUT2D eigenvalue weighted by Gasteiger charge is -2.33. The zero-order chi connectivity index (χ0) is 19.5. The molecule has 3 nitrogen and oxygen atoms in total. The first-order chi connectivity index (χ1) is 14.4. The van der Waals surface area contributed by atoms with Gasteiger partial charge in [0.2, 0.25) is 0 Å². The summed E-state index contributed by atoms with van der Waals surface area (Å²) >= 11 is 0. The summed E-state index contributed by atoms with van der Waals surface area (Å²) in [5.74, 6) is 1.67. The lowest BCUT2D eigenvalue weighted by atomic mass is 9.89. The maximum Gasteiger partial charge on any atom is 0.159 e. The molecule has 0 bridgehead atoms. The fourth-order valence-corrected chi connectivity index (χ4v) is 4.45. The Hall–Kier alpha value is -3.20. The Morgan fingerprint density at radius 2 is 1.31 bits per heavy atom. The molecule has 0 atom stereocenters. The Balaban J connectivity index is 1.41. The van der Waals surface area contributed by atoms with Crippen LogP contribution in [0.4, 0.5) is 5.82 Å². The lowest BCUT2D eigenvalue weighted by Crippen LogP contribution is -2.33. The molecule has 3 heteroatoms. The molecule has 4 aromatic rings. The number of aromatic nitrogens is 2. The van der Waals surface area contributed by atoms with Crippen molar-refractivity contribution >= 4 is 16.6 Å². The van der Waals surface area contributed by atoms with E-state index in [2.05, 4.69) is 94.9 Å². The molecule has 1 aliphatic rings. The summed E-state index contributed by atoms with van der Waals surface area (Å²) < 4.78 is 0. The zero-order valence-electron chi connectivity index (χ0n) is 16.5. The van der Waals surface area contributed by atoms with Crippen LogP contribution in [0.3, 0.4) is 0 Å². The van der Waals surface area contributed by atoms with Gasteiger partial charge in [0.1, 0.15) is 0 Å². The second-order valence-corrected chi connectivity index (χ2v) is 7.85. The molecule has 0 radical (unpaired) electrons. The van der Waals surface area contributed by atoms with Gasteiger partial charge in [-0.25, -0.2) is 0 Å². The average molecular weight is 380 g/mol. The van der Waals surface area contributed by atoms with Crippen LogP contribution in [0.5, 0.6) is 0 Å². The number of rotatable bonds is 4. The summed E-state index contributed by atoms with van der Waals surface area (Å²) in [6, 6.07) is 30.0. The van der Waals surface area contributed by atoms with Crippen molar-refractivity contribution in [1.82, 2.24) is 10.2 Å². The van der Waals surface area contributed by atoms with Gasteiger partial charge in [-0.05, 0) is 29.9 Å². The largest absolute Gasteiger partial charge is 0.355 e. The minimum atomic E-state index is 0.643. The van der Waals surface area contributed by atoms with Gasteiger partial charge in [0.15, 0.2) is 5.82 Å². The topological polar surface area (TPSA) is 29.0 Å². The second-order valence-electron chi connectivity index (χ2n) is 7.85. The molecule has 29 heavy (non-hydrogen) atoms. The Kier molecular flexibility index (Phi) is 4.95. The third-order valence-corrected chi connectivity index (χ3v) is 6.02. The smallest absolute Gasteiger partial charge is 0.159 e. The van der Waals surface area contributed by atoms with Crippen molar-refractivity contribution in [2.45, 2.75) is 25.2 Å². The van der Waals surface area contributed by atoms with E-state index in [0.717, 1.165) is 43.9 Å². The Morgan fingerprint density at radius 1 is 0.690 bits per heavy atom. The molecule has 1 aliphatic heterocycles. The van der Waals surface area contributed by atoms with Crippen LogP contribution in [0.1, 0.15) is 35.6 Å². The molecule has 144 valence electrons. The van der Waals surface area contributed by atoms with E-state index in [9.17, 15) is 0 Å². The third-order valence-electron chi connectivity index (χ3n) is 6.02. The molecule has 2 heterocycles. The fourth-order valence-electron chi connectivity index (χ4n) is 4.45. The van der Waals surface area contributed by atoms with Crippen molar-refractivity contribution in [3.63, 3.8) is 0 Å². The molecule has 0 unspecified atom stereocenters. The van der Waals surface area contributed by atoms with Crippen LogP contribution in [0.15, 0.2) is 84.9 Å². The molecule has 0 saturated carbocycles. The van der Waals surface area contributed by atoms with Crippen LogP contribution in [0.25, 0.3) is 10.8 Å². The highest BCUT2D eigenvalue weighted by Crippen LogP contribution is 2.33. The van der Waals surface area contributed by atoms with Gasteiger partial charge in [0, 0.05) is 30.3 Å². The van der Waals surface area contributed by atoms with Crippen molar-refractivity contribution in [2.24, 2.45) is 0 Å². The number of hydrogen-bond acceptors (Lipinski definition) is 3. The van der Waals surface area contributed by atoms with Gasteiger partial charge in [-0.3, -0.25) is 0 Å². The normalized spacial score (nSPS) is 15.0. The number of fused-ring (bicyclic) bond motifs is 1. The van der Waals surface area contributed by atoms with Crippen molar-refractivity contribution in [3.05, 3.63) is 102 Å². The fraction of sp³-hybridized carbons (Fsp3) is 0.231. The molecule has 1 aromatic heterocycles. The van der Waals surface area contributed by atoms with Crippen LogP contribution in [-0.4, -0.2) is 23.3 Å². The van der Waals surface area contributed by atoms with Crippen LogP contribution in [0, 0.1) is 0 Å². The lowest BCUT2D eigenvalue weighted by molar-refractivity contribution is 0.502. The highest BCUT2D eigenvalue weighted by Gasteiger charge is 2.23. The van der Waals surface area contributed by atoms with Gasteiger partial charge in [-0.15, -0.1) is 5.10 Å². The van der Waals surface area contributed by atoms with E-state index in [1.807, 2.05) is 0 Å². The molecule has 0 amide bonds. The maximum absolute atomic E-state index is 4.70. The monoisotopic (exact) mass is 379 g/mol. The van der Waals surface area contributed by atoms with Gasteiger partial charge in [0.25, 0.3) is 0 Å². The quantitative estimate of drug-likeness (QED) is 0.462. The number of nitrogens with zero attached hydrogens (tertiary/aromatic N) is 3. The van der Waals surface area contributed by atoms with E-state index < -0.39 is 0 Å². The van der Waals surface area contributed by atoms with Crippen molar-refractivity contribution < 1.29 is 0 Å². The average Bonchev–Trinajstić information content (AvgIpc) is 2.81. The molecule has 3 aromatic carbocycles. The third kappa shape index (κ3) is 3.73. The summed E-state index contributed by atoms with van der Waals surface area (Å²) in [6.07, 6.45) is 3.13. The van der Waals surface area contributed by atoms with Gasteiger partial charge < -0.3 is 4.90 Å². The minimum absolute atomic E-state index is 0.643. The maximum atomic E-state index is 4.70. The van der Waals surface area contributed by atoms with Gasteiger partial charge in [0.05, 0.1) is 5.69 Å². The van der Waals surface area contributed by atoms with Crippen LogP contribution < -0.4 is 4.90 Å². The van der Waals surface area contributed by atoms with E-state index in [4.69, 9.17) is 5.10 Å². The predicted molar refractivity (Wildman–Crippen MR) is 119 cm³/mol. The van der Waals surface area contributed by atoms with Crippen molar-refractivity contribution in [3.8, 4) is 0 Å². The molecular weight excluding hydrogens is 354 g/mol. The van der Waals surface area contributed by atoms with E-state index in [1.54, 1.807) is 0 Å². The number of benzene rings is 3. The summed E-state index contributed by atoms with van der Waals surface area (Å²) in [5.41, 5.74) is 3.78. The predicted octanol–water partition coefficient (Wildman–Crippen LogP) is 5.60. The summed E-state index contributed by atoms with van der Waals surface area (Å²) in [4.78, 5) is 2.42. The van der Waals surface area contributed by atoms with E-state index in [1.165, 1.54) is 21.9 Å². The molecule has 0 spiro atoms.